The van der Waals surface area contributed by atoms with E-state index < -0.39 is 0 Å². The zero-order chi connectivity index (χ0) is 38.3. The summed E-state index contributed by atoms with van der Waals surface area (Å²) in [4.78, 5) is 15.6. The molecule has 1 atom stereocenters. The summed E-state index contributed by atoms with van der Waals surface area (Å²) in [5.41, 5.74) is 11.1. The molecule has 0 amide bonds. The first-order chi connectivity index (χ1) is 28.7. The number of furan rings is 1. The first-order valence-corrected chi connectivity index (χ1v) is 19.8. The van der Waals surface area contributed by atoms with Crippen LogP contribution in [0.1, 0.15) is 13.3 Å². The van der Waals surface area contributed by atoms with Gasteiger partial charge in [-0.3, -0.25) is 0 Å². The number of aromatic nitrogens is 5. The fourth-order valence-electron chi connectivity index (χ4n) is 9.05. The third-order valence-corrected chi connectivity index (χ3v) is 11.6. The van der Waals surface area contributed by atoms with Crippen LogP contribution in [0, 0.1) is 5.92 Å². The van der Waals surface area contributed by atoms with Crippen LogP contribution in [0.3, 0.4) is 0 Å². The summed E-state index contributed by atoms with van der Waals surface area (Å²) in [5, 5.41) is 6.58. The lowest BCUT2D eigenvalue weighted by atomic mass is 10.0. The van der Waals surface area contributed by atoms with Gasteiger partial charge in [-0.05, 0) is 60.9 Å². The number of hydrogen-bond acceptors (Lipinski definition) is 4. The van der Waals surface area contributed by atoms with Crippen LogP contribution in [0.4, 0.5) is 0 Å². The van der Waals surface area contributed by atoms with Gasteiger partial charge in [-0.1, -0.05) is 134 Å². The van der Waals surface area contributed by atoms with E-state index in [1.807, 2.05) is 48.5 Å². The van der Waals surface area contributed by atoms with Gasteiger partial charge in [0.15, 0.2) is 23.1 Å². The number of rotatable bonds is 5. The van der Waals surface area contributed by atoms with Crippen molar-refractivity contribution in [2.24, 2.45) is 5.92 Å². The molecule has 0 saturated carbocycles. The van der Waals surface area contributed by atoms with E-state index >= 15 is 0 Å². The molecule has 11 aromatic rings. The summed E-state index contributed by atoms with van der Waals surface area (Å²) < 4.78 is 11.7. The Morgan fingerprint density at radius 1 is 0.534 bits per heavy atom. The SMILES string of the molecule is CC1C=C(n2c3ccccc3c3cc(-n4c5ccccc5c5c(-c6nc(-c7ccccc7)nc(-c7ccccc7)n6)cc6c7ccccc7oc6c54)ccc32)C=CC1. The molecule has 0 N–H and O–H groups in total. The van der Waals surface area contributed by atoms with Crippen molar-refractivity contribution in [2.75, 3.05) is 0 Å². The number of benzene rings is 7. The summed E-state index contributed by atoms with van der Waals surface area (Å²) in [6, 6.07) is 55.1. The second-order valence-corrected chi connectivity index (χ2v) is 15.3. The van der Waals surface area contributed by atoms with E-state index in [9.17, 15) is 0 Å². The quantitative estimate of drug-likeness (QED) is 0.176. The Morgan fingerprint density at radius 3 is 1.86 bits per heavy atom. The molecular formula is C52H35N5O. The van der Waals surface area contributed by atoms with Crippen molar-refractivity contribution in [2.45, 2.75) is 13.3 Å². The van der Waals surface area contributed by atoms with Crippen molar-refractivity contribution in [1.82, 2.24) is 24.1 Å². The third kappa shape index (κ3) is 4.95. The molecule has 274 valence electrons. The van der Waals surface area contributed by atoms with Gasteiger partial charge in [-0.2, -0.15) is 0 Å². The number of hydrogen-bond donors (Lipinski definition) is 0. The maximum Gasteiger partial charge on any atom is 0.164 e. The maximum atomic E-state index is 6.89. The Balaban J connectivity index is 1.20. The molecule has 0 fully saturated rings. The zero-order valence-electron chi connectivity index (χ0n) is 31.7. The lowest BCUT2D eigenvalue weighted by molar-refractivity contribution is 0.671. The molecule has 6 heteroatoms. The standard InChI is InChI=1S/C52H35N5O/c1-32-15-14-20-35(29-32)56-43-24-11-8-21-37(43)40-30-36(27-28-45(40)56)57-44-25-12-9-23-39(44)47-42(31-41-38-22-10-13-26-46(38)58-49(41)48(47)57)52-54-50(33-16-4-2-5-17-33)53-51(55-52)34-18-6-3-7-19-34/h2-14,16-32H,15H2,1H3. The normalized spacial score (nSPS) is 14.4. The Morgan fingerprint density at radius 2 is 1.14 bits per heavy atom. The van der Waals surface area contributed by atoms with Gasteiger partial charge in [0.25, 0.3) is 0 Å². The average molecular weight is 746 g/mol. The topological polar surface area (TPSA) is 61.7 Å². The van der Waals surface area contributed by atoms with Crippen LogP contribution in [0.5, 0.6) is 0 Å². The zero-order valence-corrected chi connectivity index (χ0v) is 31.7. The van der Waals surface area contributed by atoms with Gasteiger partial charge in [0.1, 0.15) is 5.58 Å². The van der Waals surface area contributed by atoms with Gasteiger partial charge in [0.2, 0.25) is 0 Å². The summed E-state index contributed by atoms with van der Waals surface area (Å²) in [6.07, 6.45) is 8.00. The fraction of sp³-hybridized carbons (Fsp3) is 0.0577. The first kappa shape index (κ1) is 32.7. The molecule has 1 aliphatic rings. The van der Waals surface area contributed by atoms with E-state index in [1.54, 1.807) is 0 Å². The van der Waals surface area contributed by atoms with Crippen molar-refractivity contribution < 1.29 is 4.42 Å². The van der Waals surface area contributed by atoms with Crippen molar-refractivity contribution in [3.8, 4) is 39.9 Å². The van der Waals surface area contributed by atoms with E-state index in [0.29, 0.717) is 23.4 Å². The molecule has 1 aliphatic carbocycles. The lowest BCUT2D eigenvalue weighted by Gasteiger charge is -2.16. The molecule has 0 bridgehead atoms. The molecule has 0 radical (unpaired) electrons. The predicted octanol–water partition coefficient (Wildman–Crippen LogP) is 13.4. The number of nitrogens with zero attached hydrogens (tertiary/aromatic N) is 5. The molecule has 4 heterocycles. The average Bonchev–Trinajstić information content (AvgIpc) is 3.94. The summed E-state index contributed by atoms with van der Waals surface area (Å²) >= 11 is 0. The van der Waals surface area contributed by atoms with E-state index in [-0.39, 0.29) is 0 Å². The van der Waals surface area contributed by atoms with E-state index in [0.717, 1.165) is 72.5 Å². The van der Waals surface area contributed by atoms with Gasteiger partial charge < -0.3 is 13.6 Å². The Labute approximate surface area is 333 Å². The molecule has 0 saturated heterocycles. The van der Waals surface area contributed by atoms with Gasteiger partial charge in [-0.15, -0.1) is 0 Å². The summed E-state index contributed by atoms with van der Waals surface area (Å²) in [7, 11) is 0. The van der Waals surface area contributed by atoms with Crippen molar-refractivity contribution >= 4 is 71.2 Å². The minimum atomic E-state index is 0.477. The highest BCUT2D eigenvalue weighted by atomic mass is 16.3. The molecular weight excluding hydrogens is 711 g/mol. The molecule has 0 aliphatic heterocycles. The van der Waals surface area contributed by atoms with Crippen molar-refractivity contribution in [3.63, 3.8) is 0 Å². The summed E-state index contributed by atoms with van der Waals surface area (Å²) in [6.45, 7) is 2.28. The van der Waals surface area contributed by atoms with E-state index in [1.165, 1.54) is 27.5 Å². The maximum absolute atomic E-state index is 6.89. The van der Waals surface area contributed by atoms with E-state index in [2.05, 4.69) is 143 Å². The molecule has 4 aromatic heterocycles. The van der Waals surface area contributed by atoms with Crippen LogP contribution >= 0.6 is 0 Å². The number of allylic oxidation sites excluding steroid dienone is 4. The smallest absolute Gasteiger partial charge is 0.164 e. The lowest BCUT2D eigenvalue weighted by Crippen LogP contribution is -2.02. The second kappa shape index (κ2) is 12.7. The Hall–Kier alpha value is -7.57. The van der Waals surface area contributed by atoms with Crippen LogP contribution in [0.2, 0.25) is 0 Å². The molecule has 7 aromatic carbocycles. The molecule has 6 nitrogen and oxygen atoms in total. The molecule has 12 rings (SSSR count). The molecule has 0 spiro atoms. The van der Waals surface area contributed by atoms with Gasteiger partial charge in [-0.25, -0.2) is 15.0 Å². The van der Waals surface area contributed by atoms with Crippen molar-refractivity contribution in [1.29, 1.82) is 0 Å². The van der Waals surface area contributed by atoms with Crippen LogP contribution in [-0.4, -0.2) is 24.1 Å². The second-order valence-electron chi connectivity index (χ2n) is 15.3. The highest BCUT2D eigenvalue weighted by Crippen LogP contribution is 2.46. The summed E-state index contributed by atoms with van der Waals surface area (Å²) in [5.74, 6) is 2.33. The van der Waals surface area contributed by atoms with Gasteiger partial charge in [0.05, 0.1) is 22.1 Å². The van der Waals surface area contributed by atoms with E-state index in [4.69, 9.17) is 19.4 Å². The molecule has 58 heavy (non-hydrogen) atoms. The van der Waals surface area contributed by atoms with Crippen LogP contribution in [0.25, 0.3) is 111 Å². The largest absolute Gasteiger partial charge is 0.454 e. The third-order valence-electron chi connectivity index (χ3n) is 11.6. The van der Waals surface area contributed by atoms with Crippen LogP contribution in [-0.2, 0) is 0 Å². The number of para-hydroxylation sites is 3. The minimum Gasteiger partial charge on any atom is -0.454 e. The highest BCUT2D eigenvalue weighted by Gasteiger charge is 2.26. The van der Waals surface area contributed by atoms with Crippen molar-refractivity contribution in [3.05, 3.63) is 176 Å². The Bertz CT molecular complexity index is 3440. The number of fused-ring (bicyclic) bond motifs is 10. The monoisotopic (exact) mass is 745 g/mol. The van der Waals surface area contributed by atoms with Gasteiger partial charge in [0, 0.05) is 60.4 Å². The van der Waals surface area contributed by atoms with Gasteiger partial charge >= 0.3 is 0 Å². The van der Waals surface area contributed by atoms with Crippen LogP contribution < -0.4 is 0 Å². The highest BCUT2D eigenvalue weighted by molar-refractivity contribution is 6.26. The fourth-order valence-corrected chi connectivity index (χ4v) is 9.05. The Kier molecular flexibility index (Phi) is 7.17. The predicted molar refractivity (Wildman–Crippen MR) is 238 cm³/mol. The molecule has 1 unspecified atom stereocenters. The first-order valence-electron chi connectivity index (χ1n) is 19.8. The van der Waals surface area contributed by atoms with Crippen LogP contribution in [0.15, 0.2) is 180 Å². The minimum absolute atomic E-state index is 0.477.